The highest BCUT2D eigenvalue weighted by atomic mass is 35.5. The molecular formula is C22H22B4ClF2N3O4. The summed E-state index contributed by atoms with van der Waals surface area (Å²) in [4.78, 5) is 52.5. The first-order valence-corrected chi connectivity index (χ1v) is 11.9. The summed E-state index contributed by atoms with van der Waals surface area (Å²) in [5.41, 5.74) is 2.66. The van der Waals surface area contributed by atoms with Gasteiger partial charge >= 0.3 is 5.92 Å². The largest absolute Gasteiger partial charge is 0.389 e. The van der Waals surface area contributed by atoms with Crippen LogP contribution in [0.25, 0.3) is 0 Å². The van der Waals surface area contributed by atoms with E-state index in [1.165, 1.54) is 25.0 Å². The Morgan fingerprint density at radius 3 is 2.44 bits per heavy atom. The minimum absolute atomic E-state index is 0.144. The number of benzene rings is 2. The Balaban J connectivity index is 1.62. The SMILES string of the molecule is Bc1cc(C(B)N(B)C(=O)C(F)(F)c2ccc(Cl)cc2)c(B)c2c1C(=O)N(C1CCC(=O)NC1=O)C2. The zero-order chi connectivity index (χ0) is 26.5. The van der Waals surface area contributed by atoms with E-state index < -0.39 is 35.3 Å². The van der Waals surface area contributed by atoms with E-state index in [9.17, 15) is 19.2 Å². The molecule has 0 saturated carbocycles. The van der Waals surface area contributed by atoms with Crippen LogP contribution < -0.4 is 16.2 Å². The molecule has 2 heterocycles. The Hall–Kier alpha value is -3.07. The van der Waals surface area contributed by atoms with Crippen LogP contribution in [0.15, 0.2) is 30.3 Å². The smallest absolute Gasteiger partial charge is 0.348 e. The lowest BCUT2D eigenvalue weighted by atomic mass is 9.71. The Morgan fingerprint density at radius 2 is 1.83 bits per heavy atom. The molecule has 0 spiro atoms. The van der Waals surface area contributed by atoms with Crippen molar-refractivity contribution >= 4 is 77.7 Å². The van der Waals surface area contributed by atoms with Crippen LogP contribution in [0.2, 0.25) is 5.02 Å². The van der Waals surface area contributed by atoms with Crippen LogP contribution in [0, 0.1) is 0 Å². The van der Waals surface area contributed by atoms with Gasteiger partial charge in [-0.05, 0) is 29.7 Å². The molecule has 1 saturated heterocycles. The number of carbonyl (C=O) groups is 4. The fourth-order valence-corrected chi connectivity index (χ4v) is 5.07. The van der Waals surface area contributed by atoms with Crippen LogP contribution in [0.5, 0.6) is 0 Å². The summed E-state index contributed by atoms with van der Waals surface area (Å²) in [6, 6.07) is 5.83. The van der Waals surface area contributed by atoms with Gasteiger partial charge in [-0.1, -0.05) is 40.7 Å². The van der Waals surface area contributed by atoms with E-state index in [1.54, 1.807) is 29.6 Å². The van der Waals surface area contributed by atoms with Crippen LogP contribution >= 0.6 is 11.6 Å². The number of alkyl halides is 2. The quantitative estimate of drug-likeness (QED) is 0.355. The third-order valence-corrected chi connectivity index (χ3v) is 7.42. The Labute approximate surface area is 215 Å². The molecule has 2 atom stereocenters. The molecule has 2 aromatic carbocycles. The van der Waals surface area contributed by atoms with Crippen LogP contribution in [0.4, 0.5) is 8.78 Å². The zero-order valence-electron chi connectivity index (χ0n) is 20.3. The van der Waals surface area contributed by atoms with Crippen molar-refractivity contribution in [3.63, 3.8) is 0 Å². The molecular weight excluding hydrogens is 487 g/mol. The van der Waals surface area contributed by atoms with E-state index in [-0.39, 0.29) is 36.2 Å². The van der Waals surface area contributed by atoms with Gasteiger partial charge in [0.1, 0.15) is 29.6 Å². The third kappa shape index (κ3) is 4.34. The van der Waals surface area contributed by atoms with Crippen molar-refractivity contribution in [2.45, 2.75) is 37.3 Å². The van der Waals surface area contributed by atoms with Gasteiger partial charge in [0.25, 0.3) is 11.8 Å². The average molecular weight is 509 g/mol. The minimum atomic E-state index is -3.76. The first-order valence-electron chi connectivity index (χ1n) is 11.5. The summed E-state index contributed by atoms with van der Waals surface area (Å²) in [6.45, 7) is 0.159. The molecule has 36 heavy (non-hydrogen) atoms. The first-order chi connectivity index (χ1) is 16.8. The number of nitrogens with one attached hydrogen (secondary N) is 1. The molecule has 0 aliphatic carbocycles. The zero-order valence-corrected chi connectivity index (χ0v) is 21.1. The Bertz CT molecular complexity index is 1300. The molecule has 2 unspecified atom stereocenters. The van der Waals surface area contributed by atoms with Gasteiger partial charge in [0.2, 0.25) is 19.8 Å². The van der Waals surface area contributed by atoms with Crippen molar-refractivity contribution in [1.29, 1.82) is 0 Å². The molecule has 2 aromatic rings. The number of imide groups is 1. The van der Waals surface area contributed by atoms with Crippen molar-refractivity contribution < 1.29 is 28.0 Å². The van der Waals surface area contributed by atoms with Gasteiger partial charge < -0.3 is 9.71 Å². The highest BCUT2D eigenvalue weighted by molar-refractivity contribution is 6.42. The summed E-state index contributed by atoms with van der Waals surface area (Å²) < 4.78 is 30.1. The molecule has 4 rings (SSSR count). The van der Waals surface area contributed by atoms with Gasteiger partial charge in [-0.3, -0.25) is 24.5 Å². The van der Waals surface area contributed by atoms with E-state index in [0.29, 0.717) is 27.6 Å². The second-order valence-corrected chi connectivity index (χ2v) is 9.77. The van der Waals surface area contributed by atoms with Gasteiger partial charge in [-0.15, -0.1) is 0 Å². The molecule has 0 radical (unpaired) electrons. The standard InChI is InChI=1S/C22H22B4ClF2N3O4/c23-13-7-11(18(25)32(26)21(36)22(28,29)9-1-3-10(27)4-2-9)17(24)12-8-31(20(35)16(12)13)14-5-6-15(33)30-19(14)34/h1-4,7,14,18H,5-6,8,23-26H2,(H,30,33,34). The molecule has 0 aromatic heterocycles. The number of hydrogen-bond donors (Lipinski definition) is 1. The molecule has 1 N–H and O–H groups in total. The highest BCUT2D eigenvalue weighted by Crippen LogP contribution is 2.33. The number of piperidine rings is 1. The van der Waals surface area contributed by atoms with Crippen molar-refractivity contribution in [1.82, 2.24) is 15.0 Å². The first kappa shape index (κ1) is 26.0. The van der Waals surface area contributed by atoms with Crippen molar-refractivity contribution in [3.05, 3.63) is 57.6 Å². The second-order valence-electron chi connectivity index (χ2n) is 9.33. The normalized spacial score (nSPS) is 18.6. The van der Waals surface area contributed by atoms with E-state index >= 15 is 8.78 Å². The van der Waals surface area contributed by atoms with Gasteiger partial charge in [-0.25, -0.2) is 0 Å². The van der Waals surface area contributed by atoms with E-state index in [4.69, 9.17) is 11.6 Å². The molecule has 182 valence electrons. The van der Waals surface area contributed by atoms with Crippen molar-refractivity contribution in [3.8, 4) is 0 Å². The number of amides is 4. The molecule has 0 bridgehead atoms. The summed E-state index contributed by atoms with van der Waals surface area (Å²) in [5.74, 6) is -7.03. The molecule has 1 fully saturated rings. The number of nitrogens with zero attached hydrogens (tertiary/aromatic N) is 2. The summed E-state index contributed by atoms with van der Waals surface area (Å²) in [7, 11) is 6.49. The molecule has 2 aliphatic heterocycles. The van der Waals surface area contributed by atoms with Gasteiger partial charge in [0, 0.05) is 35.1 Å². The average Bonchev–Trinajstić information content (AvgIpc) is 3.18. The third-order valence-electron chi connectivity index (χ3n) is 7.17. The van der Waals surface area contributed by atoms with Crippen LogP contribution in [-0.4, -0.2) is 70.9 Å². The van der Waals surface area contributed by atoms with Crippen LogP contribution in [0.3, 0.4) is 0 Å². The lowest BCUT2D eigenvalue weighted by Crippen LogP contribution is -2.52. The number of hydrogen-bond acceptors (Lipinski definition) is 4. The second kappa shape index (κ2) is 9.42. The predicted octanol–water partition coefficient (Wildman–Crippen LogP) is -2.58. The predicted molar refractivity (Wildman–Crippen MR) is 141 cm³/mol. The van der Waals surface area contributed by atoms with Crippen LogP contribution in [0.1, 0.15) is 45.8 Å². The van der Waals surface area contributed by atoms with Crippen molar-refractivity contribution in [2.75, 3.05) is 0 Å². The fraction of sp³-hybridized carbons (Fsp3) is 0.273. The summed E-state index contributed by atoms with van der Waals surface area (Å²) in [6.07, 6.45) is 0.383. The summed E-state index contributed by atoms with van der Waals surface area (Å²) >= 11 is 5.79. The maximum atomic E-state index is 15.0. The molecule has 4 amide bonds. The highest BCUT2D eigenvalue weighted by Gasteiger charge is 2.45. The monoisotopic (exact) mass is 509 g/mol. The minimum Gasteiger partial charge on any atom is -0.389 e. The van der Waals surface area contributed by atoms with Gasteiger partial charge in [0.15, 0.2) is 0 Å². The Morgan fingerprint density at radius 1 is 1.19 bits per heavy atom. The van der Waals surface area contributed by atoms with E-state index in [0.717, 1.165) is 16.9 Å². The molecule has 7 nitrogen and oxygen atoms in total. The molecule has 14 heteroatoms. The van der Waals surface area contributed by atoms with Gasteiger partial charge in [0.05, 0.1) is 0 Å². The maximum absolute atomic E-state index is 15.0. The van der Waals surface area contributed by atoms with Crippen molar-refractivity contribution in [2.24, 2.45) is 0 Å². The summed E-state index contributed by atoms with van der Waals surface area (Å²) in [5, 5.41) is 2.56. The lowest BCUT2D eigenvalue weighted by Gasteiger charge is -2.32. The topological polar surface area (TPSA) is 86.8 Å². The van der Waals surface area contributed by atoms with E-state index in [2.05, 4.69) is 5.32 Å². The Kier molecular flexibility index (Phi) is 6.81. The number of carbonyl (C=O) groups excluding carboxylic acids is 4. The lowest BCUT2D eigenvalue weighted by molar-refractivity contribution is -0.154. The van der Waals surface area contributed by atoms with E-state index in [1.807, 2.05) is 0 Å². The van der Waals surface area contributed by atoms with Gasteiger partial charge in [-0.2, -0.15) is 8.78 Å². The number of halogens is 3. The number of fused-ring (bicyclic) bond motifs is 1. The molecule has 2 aliphatic rings. The van der Waals surface area contributed by atoms with Crippen LogP contribution in [-0.2, 0) is 26.9 Å². The fourth-order valence-electron chi connectivity index (χ4n) is 4.95. The maximum Gasteiger partial charge on any atom is 0.348 e. The number of rotatable bonds is 5.